The van der Waals surface area contributed by atoms with Gasteiger partial charge in [-0.25, -0.2) is 0 Å². The van der Waals surface area contributed by atoms with Crippen LogP contribution in [0.25, 0.3) is 0 Å². The minimum absolute atomic E-state index is 0.108. The Morgan fingerprint density at radius 3 is 2.27 bits per heavy atom. The van der Waals surface area contributed by atoms with Gasteiger partial charge in [-0.2, -0.15) is 0 Å². The molecule has 4 rings (SSSR count). The molecule has 2 aliphatic rings. The fraction of sp³-hybridized carbons (Fsp3) is 0.222. The van der Waals surface area contributed by atoms with Gasteiger partial charge in [-0.1, -0.05) is 42.5 Å². The van der Waals surface area contributed by atoms with E-state index in [2.05, 4.69) is 0 Å². The maximum Gasteiger partial charge on any atom is 0.194 e. The average Bonchev–Trinajstić information content (AvgIpc) is 2.60. The molecule has 1 unspecified atom stereocenters. The highest BCUT2D eigenvalue weighted by atomic mass is 16.6. The summed E-state index contributed by atoms with van der Waals surface area (Å²) < 4.78 is 11.2. The maximum atomic E-state index is 12.9. The van der Waals surface area contributed by atoms with E-state index in [1.165, 1.54) is 0 Å². The molecule has 0 amide bonds. The van der Waals surface area contributed by atoms with Crippen molar-refractivity contribution in [1.29, 1.82) is 0 Å². The minimum atomic E-state index is -0.300. The normalized spacial score (nSPS) is 20.5. The molecule has 1 aliphatic carbocycles. The molecular weight excluding hydrogens is 280 g/mol. The first-order valence-electron chi connectivity index (χ1n) is 7.28. The van der Waals surface area contributed by atoms with Crippen LogP contribution in [0, 0.1) is 0 Å². The zero-order valence-corrected chi connectivity index (χ0v) is 11.9. The Kier molecular flexibility index (Phi) is 3.13. The first-order valence-corrected chi connectivity index (χ1v) is 7.28. The van der Waals surface area contributed by atoms with Crippen molar-refractivity contribution in [3.63, 3.8) is 0 Å². The summed E-state index contributed by atoms with van der Waals surface area (Å²) in [4.78, 5) is 25.5. The second-order valence-electron chi connectivity index (χ2n) is 5.41. The molecule has 0 spiro atoms. The van der Waals surface area contributed by atoms with Crippen molar-refractivity contribution in [3.8, 4) is 0 Å². The van der Waals surface area contributed by atoms with Crippen molar-refractivity contribution in [2.24, 2.45) is 0 Å². The molecule has 0 N–H and O–H groups in total. The summed E-state index contributed by atoms with van der Waals surface area (Å²) in [6.45, 7) is 1.45. The number of carbonyl (C=O) groups excluding carboxylic acids is 2. The highest BCUT2D eigenvalue weighted by molar-refractivity contribution is 6.28. The van der Waals surface area contributed by atoms with Gasteiger partial charge < -0.3 is 9.47 Å². The van der Waals surface area contributed by atoms with Gasteiger partial charge in [-0.15, -0.1) is 0 Å². The topological polar surface area (TPSA) is 52.6 Å². The van der Waals surface area contributed by atoms with Crippen LogP contribution in [0.5, 0.6) is 0 Å². The fourth-order valence-electron chi connectivity index (χ4n) is 3.11. The Hall–Kier alpha value is -2.30. The van der Waals surface area contributed by atoms with E-state index in [0.29, 0.717) is 42.1 Å². The van der Waals surface area contributed by atoms with E-state index in [0.717, 1.165) is 5.56 Å². The zero-order chi connectivity index (χ0) is 15.1. The second kappa shape index (κ2) is 5.16. The van der Waals surface area contributed by atoms with Crippen LogP contribution >= 0.6 is 0 Å². The van der Waals surface area contributed by atoms with E-state index < -0.39 is 0 Å². The Balaban J connectivity index is 1.89. The number of fused-ring (bicyclic) bond motifs is 2. The SMILES string of the molecule is O=C1c2ccccc2C(=O)c2c1cccc2C1COCCO1. The summed E-state index contributed by atoms with van der Waals surface area (Å²) in [7, 11) is 0. The van der Waals surface area contributed by atoms with Crippen molar-refractivity contribution < 1.29 is 19.1 Å². The molecule has 2 aromatic rings. The quantitative estimate of drug-likeness (QED) is 0.692. The number of carbonyl (C=O) groups is 2. The van der Waals surface area contributed by atoms with Gasteiger partial charge in [0, 0.05) is 22.3 Å². The third-order valence-electron chi connectivity index (χ3n) is 4.15. The highest BCUT2D eigenvalue weighted by Gasteiger charge is 2.33. The van der Waals surface area contributed by atoms with Gasteiger partial charge in [0.15, 0.2) is 11.6 Å². The molecule has 22 heavy (non-hydrogen) atoms. The maximum absolute atomic E-state index is 12.9. The third kappa shape index (κ3) is 1.92. The van der Waals surface area contributed by atoms with Crippen LogP contribution in [0.4, 0.5) is 0 Å². The lowest BCUT2D eigenvalue weighted by atomic mass is 9.81. The molecule has 1 aliphatic heterocycles. The molecule has 1 heterocycles. The molecule has 1 fully saturated rings. The van der Waals surface area contributed by atoms with Crippen molar-refractivity contribution in [3.05, 3.63) is 70.3 Å². The number of hydrogen-bond donors (Lipinski definition) is 0. The van der Waals surface area contributed by atoms with Gasteiger partial charge in [0.25, 0.3) is 0 Å². The van der Waals surface area contributed by atoms with Gasteiger partial charge in [0.1, 0.15) is 6.10 Å². The lowest BCUT2D eigenvalue weighted by Gasteiger charge is -2.27. The molecule has 1 atom stereocenters. The van der Waals surface area contributed by atoms with Gasteiger partial charge in [0.2, 0.25) is 0 Å². The van der Waals surface area contributed by atoms with Gasteiger partial charge in [-0.05, 0) is 5.56 Å². The molecule has 0 bridgehead atoms. The molecule has 0 radical (unpaired) electrons. The molecule has 4 heteroatoms. The number of rotatable bonds is 1. The molecule has 2 aromatic carbocycles. The smallest absolute Gasteiger partial charge is 0.194 e. The fourth-order valence-corrected chi connectivity index (χ4v) is 3.11. The van der Waals surface area contributed by atoms with Crippen LogP contribution in [-0.4, -0.2) is 31.4 Å². The molecule has 110 valence electrons. The number of ether oxygens (including phenoxy) is 2. The number of ketones is 2. The predicted octanol–water partition coefficient (Wildman–Crippen LogP) is 2.55. The summed E-state index contributed by atoms with van der Waals surface area (Å²) in [6, 6.07) is 12.3. The molecular formula is C18H14O4. The average molecular weight is 294 g/mol. The van der Waals surface area contributed by atoms with Crippen molar-refractivity contribution >= 4 is 11.6 Å². The predicted molar refractivity (Wildman–Crippen MR) is 79.3 cm³/mol. The summed E-state index contributed by atoms with van der Waals surface area (Å²) >= 11 is 0. The first kappa shape index (κ1) is 13.4. The van der Waals surface area contributed by atoms with E-state index in [-0.39, 0.29) is 17.7 Å². The molecule has 1 saturated heterocycles. The number of hydrogen-bond acceptors (Lipinski definition) is 4. The van der Waals surface area contributed by atoms with E-state index in [1.807, 2.05) is 6.07 Å². The van der Waals surface area contributed by atoms with E-state index in [9.17, 15) is 9.59 Å². The van der Waals surface area contributed by atoms with Crippen LogP contribution in [-0.2, 0) is 9.47 Å². The standard InChI is InChI=1S/C18H14O4/c19-17-11-4-1-2-5-12(11)18(20)16-13(6-3-7-14(16)17)15-10-21-8-9-22-15/h1-7,15H,8-10H2. The van der Waals surface area contributed by atoms with Crippen LogP contribution in [0.2, 0.25) is 0 Å². The number of benzene rings is 2. The summed E-state index contributed by atoms with van der Waals surface area (Å²) in [5.74, 6) is -0.223. The second-order valence-corrected chi connectivity index (χ2v) is 5.41. The summed E-state index contributed by atoms with van der Waals surface area (Å²) in [5.41, 5.74) is 2.59. The van der Waals surface area contributed by atoms with Crippen molar-refractivity contribution in [1.82, 2.24) is 0 Å². The van der Waals surface area contributed by atoms with Crippen molar-refractivity contribution in [2.75, 3.05) is 19.8 Å². The highest BCUT2D eigenvalue weighted by Crippen LogP contribution is 2.33. The van der Waals surface area contributed by atoms with Gasteiger partial charge in [-0.3, -0.25) is 9.59 Å². The van der Waals surface area contributed by atoms with Gasteiger partial charge in [0.05, 0.1) is 19.8 Å². The molecule has 4 nitrogen and oxygen atoms in total. The summed E-state index contributed by atoms with van der Waals surface area (Å²) in [6.07, 6.45) is -0.300. The van der Waals surface area contributed by atoms with Crippen LogP contribution < -0.4 is 0 Å². The molecule has 0 aromatic heterocycles. The van der Waals surface area contributed by atoms with E-state index in [1.54, 1.807) is 36.4 Å². The lowest BCUT2D eigenvalue weighted by molar-refractivity contribution is -0.0903. The minimum Gasteiger partial charge on any atom is -0.376 e. The Bertz CT molecular complexity index is 772. The Morgan fingerprint density at radius 1 is 0.818 bits per heavy atom. The molecule has 0 saturated carbocycles. The lowest BCUT2D eigenvalue weighted by Crippen LogP contribution is -2.27. The third-order valence-corrected chi connectivity index (χ3v) is 4.15. The zero-order valence-electron chi connectivity index (χ0n) is 11.9. The Morgan fingerprint density at radius 2 is 1.55 bits per heavy atom. The van der Waals surface area contributed by atoms with Crippen molar-refractivity contribution in [2.45, 2.75) is 6.10 Å². The van der Waals surface area contributed by atoms with E-state index >= 15 is 0 Å². The van der Waals surface area contributed by atoms with Gasteiger partial charge >= 0.3 is 0 Å². The first-order chi connectivity index (χ1) is 10.8. The van der Waals surface area contributed by atoms with E-state index in [4.69, 9.17) is 9.47 Å². The monoisotopic (exact) mass is 294 g/mol. The summed E-state index contributed by atoms with van der Waals surface area (Å²) in [5, 5.41) is 0. The largest absolute Gasteiger partial charge is 0.376 e. The van der Waals surface area contributed by atoms with Crippen LogP contribution in [0.15, 0.2) is 42.5 Å². The Labute approximate surface area is 127 Å². The van der Waals surface area contributed by atoms with Crippen LogP contribution in [0.1, 0.15) is 43.5 Å². The van der Waals surface area contributed by atoms with Crippen LogP contribution in [0.3, 0.4) is 0 Å².